The number of imide groups is 1. The van der Waals surface area contributed by atoms with E-state index in [1.54, 1.807) is 31.2 Å². The van der Waals surface area contributed by atoms with Gasteiger partial charge in [0.2, 0.25) is 5.91 Å². The van der Waals surface area contributed by atoms with E-state index in [0.29, 0.717) is 17.2 Å². The van der Waals surface area contributed by atoms with E-state index in [2.05, 4.69) is 24.5 Å². The second-order valence-electron chi connectivity index (χ2n) is 7.29. The predicted molar refractivity (Wildman–Crippen MR) is 108 cm³/mol. The molecule has 1 aliphatic heterocycles. The molecule has 0 aromatic heterocycles. The molecule has 2 aromatic rings. The number of rotatable bonds is 6. The molecule has 0 spiro atoms. The Balaban J connectivity index is 1.67. The Hall–Kier alpha value is -3.15. The Labute approximate surface area is 164 Å². The second kappa shape index (κ2) is 7.84. The first-order chi connectivity index (χ1) is 13.3. The van der Waals surface area contributed by atoms with Gasteiger partial charge >= 0.3 is 6.03 Å². The third-order valence-electron chi connectivity index (χ3n) is 5.30. The monoisotopic (exact) mass is 379 g/mol. The van der Waals surface area contributed by atoms with Crippen molar-refractivity contribution in [3.63, 3.8) is 0 Å². The minimum Gasteiger partial charge on any atom is -0.325 e. The molecular weight excluding hydrogens is 354 g/mol. The first kappa shape index (κ1) is 19.6. The molecule has 146 valence electrons. The van der Waals surface area contributed by atoms with Gasteiger partial charge in [0.25, 0.3) is 5.91 Å². The molecule has 28 heavy (non-hydrogen) atoms. The zero-order valence-electron chi connectivity index (χ0n) is 16.4. The van der Waals surface area contributed by atoms with Crippen LogP contribution >= 0.6 is 0 Å². The SMILES string of the molecule is CC[C@@H](C)c1ccc(NC(=O)CN2C(=O)N[C@](C)(c3ccccc3)C2=O)cc1. The van der Waals surface area contributed by atoms with Crippen LogP contribution in [0, 0.1) is 0 Å². The van der Waals surface area contributed by atoms with Gasteiger partial charge in [-0.05, 0) is 42.5 Å². The number of benzene rings is 2. The number of amides is 4. The van der Waals surface area contributed by atoms with Crippen molar-refractivity contribution in [3.8, 4) is 0 Å². The molecule has 1 heterocycles. The van der Waals surface area contributed by atoms with Crippen LogP contribution in [0.4, 0.5) is 10.5 Å². The molecule has 2 atom stereocenters. The third-order valence-corrected chi connectivity index (χ3v) is 5.30. The lowest BCUT2D eigenvalue weighted by atomic mass is 9.92. The molecule has 3 rings (SSSR count). The highest BCUT2D eigenvalue weighted by molar-refractivity contribution is 6.10. The molecule has 6 heteroatoms. The fourth-order valence-corrected chi connectivity index (χ4v) is 3.28. The van der Waals surface area contributed by atoms with Crippen LogP contribution in [0.1, 0.15) is 44.2 Å². The quantitative estimate of drug-likeness (QED) is 0.753. The van der Waals surface area contributed by atoms with Gasteiger partial charge in [0, 0.05) is 5.69 Å². The van der Waals surface area contributed by atoms with E-state index >= 15 is 0 Å². The standard InChI is InChI=1S/C22H25N3O3/c1-4-15(2)16-10-12-18(13-11-16)23-19(26)14-25-20(27)22(3,24-21(25)28)17-8-6-5-7-9-17/h5-13,15H,4,14H2,1-3H3,(H,23,26)(H,24,28)/t15-,22-/m1/s1. The maximum atomic E-state index is 12.8. The first-order valence-corrected chi connectivity index (χ1v) is 9.44. The largest absolute Gasteiger partial charge is 0.325 e. The molecule has 0 bridgehead atoms. The van der Waals surface area contributed by atoms with Crippen LogP contribution in [0.15, 0.2) is 54.6 Å². The van der Waals surface area contributed by atoms with E-state index in [9.17, 15) is 14.4 Å². The summed E-state index contributed by atoms with van der Waals surface area (Å²) in [4.78, 5) is 38.5. The number of anilines is 1. The lowest BCUT2D eigenvalue weighted by molar-refractivity contribution is -0.133. The van der Waals surface area contributed by atoms with Crippen LogP contribution in [-0.2, 0) is 15.1 Å². The van der Waals surface area contributed by atoms with Crippen molar-refractivity contribution in [2.45, 2.75) is 38.6 Å². The van der Waals surface area contributed by atoms with E-state index in [4.69, 9.17) is 0 Å². The summed E-state index contributed by atoms with van der Waals surface area (Å²) in [7, 11) is 0. The molecule has 0 saturated carbocycles. The van der Waals surface area contributed by atoms with Crippen molar-refractivity contribution >= 4 is 23.5 Å². The number of urea groups is 1. The summed E-state index contributed by atoms with van der Waals surface area (Å²) in [5, 5.41) is 5.45. The van der Waals surface area contributed by atoms with Crippen molar-refractivity contribution in [1.82, 2.24) is 10.2 Å². The highest BCUT2D eigenvalue weighted by atomic mass is 16.2. The van der Waals surface area contributed by atoms with Crippen molar-refractivity contribution in [2.24, 2.45) is 0 Å². The number of nitrogens with zero attached hydrogens (tertiary/aromatic N) is 1. The van der Waals surface area contributed by atoms with Gasteiger partial charge in [-0.15, -0.1) is 0 Å². The summed E-state index contributed by atoms with van der Waals surface area (Å²) >= 11 is 0. The Morgan fingerprint density at radius 1 is 1.11 bits per heavy atom. The summed E-state index contributed by atoms with van der Waals surface area (Å²) in [5.74, 6) is -0.408. The van der Waals surface area contributed by atoms with Gasteiger partial charge < -0.3 is 10.6 Å². The molecule has 6 nitrogen and oxygen atoms in total. The Morgan fingerprint density at radius 3 is 2.36 bits per heavy atom. The maximum Gasteiger partial charge on any atom is 0.325 e. The Bertz CT molecular complexity index is 880. The van der Waals surface area contributed by atoms with Gasteiger partial charge in [0.05, 0.1) is 0 Å². The molecule has 1 saturated heterocycles. The maximum absolute atomic E-state index is 12.8. The van der Waals surface area contributed by atoms with Crippen LogP contribution in [0.5, 0.6) is 0 Å². The molecule has 2 aromatic carbocycles. The Kier molecular flexibility index (Phi) is 5.49. The summed E-state index contributed by atoms with van der Waals surface area (Å²) in [6.07, 6.45) is 1.04. The Morgan fingerprint density at radius 2 is 1.75 bits per heavy atom. The molecule has 0 radical (unpaired) electrons. The van der Waals surface area contributed by atoms with Gasteiger partial charge in [-0.25, -0.2) is 4.79 Å². The van der Waals surface area contributed by atoms with Crippen molar-refractivity contribution in [1.29, 1.82) is 0 Å². The summed E-state index contributed by atoms with van der Waals surface area (Å²) in [5.41, 5.74) is 1.34. The van der Waals surface area contributed by atoms with Crippen LogP contribution in [0.2, 0.25) is 0 Å². The topological polar surface area (TPSA) is 78.5 Å². The molecule has 0 aliphatic carbocycles. The van der Waals surface area contributed by atoms with Gasteiger partial charge in [0.1, 0.15) is 12.1 Å². The zero-order chi connectivity index (χ0) is 20.3. The van der Waals surface area contributed by atoms with Gasteiger partial charge in [0.15, 0.2) is 0 Å². The summed E-state index contributed by atoms with van der Waals surface area (Å²) in [6.45, 7) is 5.59. The predicted octanol–water partition coefficient (Wildman–Crippen LogP) is 3.61. The van der Waals surface area contributed by atoms with E-state index in [-0.39, 0.29) is 6.54 Å². The van der Waals surface area contributed by atoms with Crippen molar-refractivity contribution in [2.75, 3.05) is 11.9 Å². The number of nitrogens with one attached hydrogen (secondary N) is 2. The van der Waals surface area contributed by atoms with Crippen LogP contribution in [0.3, 0.4) is 0 Å². The highest BCUT2D eigenvalue weighted by Crippen LogP contribution is 2.28. The van der Waals surface area contributed by atoms with E-state index in [0.717, 1.165) is 11.3 Å². The van der Waals surface area contributed by atoms with Crippen LogP contribution in [0.25, 0.3) is 0 Å². The van der Waals surface area contributed by atoms with Crippen molar-refractivity contribution in [3.05, 3.63) is 65.7 Å². The van der Waals surface area contributed by atoms with Crippen LogP contribution in [-0.4, -0.2) is 29.3 Å². The minimum atomic E-state index is -1.17. The molecule has 2 N–H and O–H groups in total. The van der Waals surface area contributed by atoms with E-state index in [1.165, 1.54) is 5.56 Å². The normalized spacial score (nSPS) is 20.0. The average Bonchev–Trinajstić information content (AvgIpc) is 2.92. The van der Waals surface area contributed by atoms with E-state index in [1.807, 2.05) is 30.3 Å². The number of hydrogen-bond donors (Lipinski definition) is 2. The van der Waals surface area contributed by atoms with Crippen LogP contribution < -0.4 is 10.6 Å². The fourth-order valence-electron chi connectivity index (χ4n) is 3.28. The number of carbonyl (C=O) groups is 3. The lowest BCUT2D eigenvalue weighted by Crippen LogP contribution is -2.42. The minimum absolute atomic E-state index is 0.333. The molecule has 1 fully saturated rings. The third kappa shape index (κ3) is 3.76. The zero-order valence-corrected chi connectivity index (χ0v) is 16.4. The first-order valence-electron chi connectivity index (χ1n) is 9.44. The number of carbonyl (C=O) groups excluding carboxylic acids is 3. The van der Waals surface area contributed by atoms with Gasteiger partial charge in [-0.1, -0.05) is 56.3 Å². The molecule has 0 unspecified atom stereocenters. The summed E-state index contributed by atoms with van der Waals surface area (Å²) < 4.78 is 0. The lowest BCUT2D eigenvalue weighted by Gasteiger charge is -2.22. The molecule has 4 amide bonds. The number of hydrogen-bond acceptors (Lipinski definition) is 3. The molecular formula is C22H25N3O3. The van der Waals surface area contributed by atoms with E-state index < -0.39 is 23.4 Å². The second-order valence-corrected chi connectivity index (χ2v) is 7.29. The summed E-state index contributed by atoms with van der Waals surface area (Å²) in [6, 6.07) is 16.1. The average molecular weight is 379 g/mol. The molecule has 1 aliphatic rings. The van der Waals surface area contributed by atoms with Gasteiger partial charge in [-0.3, -0.25) is 14.5 Å². The smallest absolute Gasteiger partial charge is 0.325 e. The van der Waals surface area contributed by atoms with Crippen molar-refractivity contribution < 1.29 is 14.4 Å². The fraction of sp³-hybridized carbons (Fsp3) is 0.318. The van der Waals surface area contributed by atoms with Gasteiger partial charge in [-0.2, -0.15) is 0 Å². The highest BCUT2D eigenvalue weighted by Gasteiger charge is 2.49.